The van der Waals surface area contributed by atoms with Gasteiger partial charge in [-0.05, 0) is 40.0 Å². The summed E-state index contributed by atoms with van der Waals surface area (Å²) in [5.41, 5.74) is 0. The monoisotopic (exact) mass is 497 g/mol. The van der Waals surface area contributed by atoms with E-state index < -0.39 is 0 Å². The Morgan fingerprint density at radius 2 is 0.429 bits per heavy atom. The number of nitrogens with one attached hydrogen (secondary N) is 2. The highest BCUT2D eigenvalue weighted by atomic mass is 14.8. The van der Waals surface area contributed by atoms with E-state index in [0.29, 0.717) is 0 Å². The molecule has 0 heterocycles. The number of rotatable bonds is 29. The molecule has 0 aromatic heterocycles. The molecule has 214 valence electrons. The van der Waals surface area contributed by atoms with Crippen LogP contribution in [0.25, 0.3) is 0 Å². The molecule has 0 spiro atoms. The third-order valence-electron chi connectivity index (χ3n) is 7.31. The predicted octanol–water partition coefficient (Wildman–Crippen LogP) is 11.0. The third-order valence-corrected chi connectivity index (χ3v) is 7.31. The van der Waals surface area contributed by atoms with Gasteiger partial charge in [0.2, 0.25) is 0 Å². The molecule has 0 atom stereocenters. The summed E-state index contributed by atoms with van der Waals surface area (Å²) in [5.74, 6) is 0. The second kappa shape index (κ2) is 38.5. The van der Waals surface area contributed by atoms with Crippen molar-refractivity contribution in [1.29, 1.82) is 0 Å². The molecular weight excluding hydrogens is 424 g/mol. The van der Waals surface area contributed by atoms with Gasteiger partial charge >= 0.3 is 0 Å². The Bertz CT molecular complexity index is 288. The van der Waals surface area contributed by atoms with Gasteiger partial charge in [0.05, 0.1) is 0 Å². The van der Waals surface area contributed by atoms with Crippen LogP contribution in [0.15, 0.2) is 0 Å². The smallest absolute Gasteiger partial charge is 0.00519 e. The third kappa shape index (κ3) is 41.3. The van der Waals surface area contributed by atoms with Crippen LogP contribution in [0, 0.1) is 0 Å². The van der Waals surface area contributed by atoms with Crippen LogP contribution >= 0.6 is 0 Å². The molecule has 2 heteroatoms. The first-order chi connectivity index (χ1) is 17.3. The molecule has 0 aromatic carbocycles. The van der Waals surface area contributed by atoms with Crippen LogP contribution in [0.3, 0.4) is 0 Å². The van der Waals surface area contributed by atoms with Crippen molar-refractivity contribution in [3.8, 4) is 0 Å². The normalized spacial score (nSPS) is 11.0. The summed E-state index contributed by atoms with van der Waals surface area (Å²) in [4.78, 5) is 0. The van der Waals surface area contributed by atoms with Crippen LogP contribution in [-0.2, 0) is 0 Å². The predicted molar refractivity (Wildman–Crippen MR) is 164 cm³/mol. The molecule has 0 amide bonds. The fourth-order valence-electron chi connectivity index (χ4n) is 4.82. The van der Waals surface area contributed by atoms with Crippen molar-refractivity contribution < 1.29 is 0 Å². The molecule has 0 saturated heterocycles. The van der Waals surface area contributed by atoms with E-state index in [4.69, 9.17) is 0 Å². The number of hydrogen-bond acceptors (Lipinski definition) is 2. The van der Waals surface area contributed by atoms with Crippen molar-refractivity contribution in [2.24, 2.45) is 0 Å². The maximum atomic E-state index is 3.21. The van der Waals surface area contributed by atoms with Gasteiger partial charge in [0.15, 0.2) is 0 Å². The maximum Gasteiger partial charge on any atom is -0.00519 e. The minimum absolute atomic E-state index is 1.19. The number of unbranched alkanes of at least 4 members (excludes halogenated alkanes) is 25. The first-order valence-corrected chi connectivity index (χ1v) is 16.6. The summed E-state index contributed by atoms with van der Waals surface area (Å²) in [5, 5.41) is 6.42. The zero-order chi connectivity index (χ0) is 25.9. The quantitative estimate of drug-likeness (QED) is 0.101. The van der Waals surface area contributed by atoms with Gasteiger partial charge in [-0.25, -0.2) is 0 Å². The largest absolute Gasteiger partial charge is 0.320 e. The van der Waals surface area contributed by atoms with Crippen molar-refractivity contribution in [2.75, 3.05) is 27.2 Å². The molecule has 0 bridgehead atoms. The molecule has 0 aliphatic carbocycles. The van der Waals surface area contributed by atoms with Crippen LogP contribution in [-0.4, -0.2) is 27.2 Å². The Balaban J connectivity index is 0. The second-order valence-corrected chi connectivity index (χ2v) is 11.0. The van der Waals surface area contributed by atoms with E-state index >= 15 is 0 Å². The zero-order valence-corrected chi connectivity index (χ0v) is 25.5. The highest BCUT2D eigenvalue weighted by molar-refractivity contribution is 4.51. The average molecular weight is 497 g/mol. The van der Waals surface area contributed by atoms with E-state index in [1.165, 1.54) is 186 Å². The minimum Gasteiger partial charge on any atom is -0.320 e. The highest BCUT2D eigenvalue weighted by Gasteiger charge is 1.94. The Kier molecular flexibility index (Phi) is 40.7. The molecule has 2 N–H and O–H groups in total. The van der Waals surface area contributed by atoms with Gasteiger partial charge in [-0.1, -0.05) is 174 Å². The molecule has 0 saturated carbocycles. The minimum atomic E-state index is 1.19. The van der Waals surface area contributed by atoms with Crippen LogP contribution in [0.4, 0.5) is 0 Å². The standard InChI is InChI=1S/C17H37N.C16H35N/c1-3-4-5-6-7-8-9-10-11-12-13-14-15-16-17-18-2;1-3-4-5-6-7-8-9-10-11-12-13-14-15-16-17-2/h18H,3-17H2,1-2H3;17H,3-16H2,1-2H3. The van der Waals surface area contributed by atoms with Gasteiger partial charge in [0.1, 0.15) is 0 Å². The molecule has 35 heavy (non-hydrogen) atoms. The molecule has 0 aliphatic rings. The number of hydrogen-bond donors (Lipinski definition) is 2. The van der Waals surface area contributed by atoms with Crippen LogP contribution < -0.4 is 10.6 Å². The average Bonchev–Trinajstić information content (AvgIpc) is 2.87. The van der Waals surface area contributed by atoms with Gasteiger partial charge < -0.3 is 10.6 Å². The summed E-state index contributed by atoms with van der Waals surface area (Å²) >= 11 is 0. The fraction of sp³-hybridized carbons (Fsp3) is 1.00. The van der Waals surface area contributed by atoms with Gasteiger partial charge in [-0.2, -0.15) is 0 Å². The Labute approximate surface area is 225 Å². The Morgan fingerprint density at radius 1 is 0.257 bits per heavy atom. The molecule has 0 aliphatic heterocycles. The lowest BCUT2D eigenvalue weighted by molar-refractivity contribution is 0.533. The molecule has 0 radical (unpaired) electrons. The first-order valence-electron chi connectivity index (χ1n) is 16.6. The van der Waals surface area contributed by atoms with E-state index in [9.17, 15) is 0 Å². The lowest BCUT2D eigenvalue weighted by Gasteiger charge is -2.03. The summed E-state index contributed by atoms with van der Waals surface area (Å²) in [6.07, 6.45) is 39.0. The van der Waals surface area contributed by atoms with Gasteiger partial charge in [-0.15, -0.1) is 0 Å². The van der Waals surface area contributed by atoms with Crippen molar-refractivity contribution in [1.82, 2.24) is 10.6 Å². The Hall–Kier alpha value is -0.0800. The van der Waals surface area contributed by atoms with Crippen molar-refractivity contribution in [3.63, 3.8) is 0 Å². The molecule has 0 rings (SSSR count). The van der Waals surface area contributed by atoms with Gasteiger partial charge in [0.25, 0.3) is 0 Å². The molecule has 0 fully saturated rings. The van der Waals surface area contributed by atoms with Gasteiger partial charge in [0, 0.05) is 0 Å². The second-order valence-electron chi connectivity index (χ2n) is 11.0. The van der Waals surface area contributed by atoms with E-state index in [1.807, 2.05) is 14.1 Å². The summed E-state index contributed by atoms with van der Waals surface area (Å²) in [6.45, 7) is 6.96. The first kappa shape index (κ1) is 37.1. The van der Waals surface area contributed by atoms with Crippen molar-refractivity contribution in [2.45, 2.75) is 187 Å². The van der Waals surface area contributed by atoms with E-state index in [-0.39, 0.29) is 0 Å². The maximum absolute atomic E-state index is 3.21. The van der Waals surface area contributed by atoms with E-state index in [2.05, 4.69) is 24.5 Å². The van der Waals surface area contributed by atoms with Crippen LogP contribution in [0.2, 0.25) is 0 Å². The SMILES string of the molecule is CCCCCCCCCCCCCCCCNC.CCCCCCCCCCCCCCCNC. The molecular formula is C33H72N2. The topological polar surface area (TPSA) is 24.1 Å². The molecule has 0 aromatic rings. The molecule has 0 unspecified atom stereocenters. The lowest BCUT2D eigenvalue weighted by Crippen LogP contribution is -2.06. The summed E-state index contributed by atoms with van der Waals surface area (Å²) in [6, 6.07) is 0. The summed E-state index contributed by atoms with van der Waals surface area (Å²) < 4.78 is 0. The van der Waals surface area contributed by atoms with Crippen LogP contribution in [0.1, 0.15) is 187 Å². The van der Waals surface area contributed by atoms with Crippen molar-refractivity contribution >= 4 is 0 Å². The van der Waals surface area contributed by atoms with Crippen molar-refractivity contribution in [3.05, 3.63) is 0 Å². The van der Waals surface area contributed by atoms with Crippen LogP contribution in [0.5, 0.6) is 0 Å². The van der Waals surface area contributed by atoms with Gasteiger partial charge in [-0.3, -0.25) is 0 Å². The lowest BCUT2D eigenvalue weighted by atomic mass is 10.0. The summed E-state index contributed by atoms with van der Waals surface area (Å²) in [7, 11) is 4.09. The highest BCUT2D eigenvalue weighted by Crippen LogP contribution is 2.13. The van der Waals surface area contributed by atoms with E-state index in [0.717, 1.165) is 0 Å². The fourth-order valence-corrected chi connectivity index (χ4v) is 4.82. The Morgan fingerprint density at radius 3 is 0.600 bits per heavy atom. The molecule has 2 nitrogen and oxygen atoms in total. The van der Waals surface area contributed by atoms with E-state index in [1.54, 1.807) is 0 Å². The zero-order valence-electron chi connectivity index (χ0n) is 25.5.